The number of halogens is 1. The summed E-state index contributed by atoms with van der Waals surface area (Å²) in [6.07, 6.45) is 1.80. The standard InChI is InChI=1S/C11H8INO/c1-8(14)11(12)6-9-2-4-10(7-13)5-3-9/h2-6H,1H3/b11-6+. The lowest BCUT2D eigenvalue weighted by Gasteiger charge is -1.95. The van der Waals surface area contributed by atoms with E-state index >= 15 is 0 Å². The van der Waals surface area contributed by atoms with E-state index in [4.69, 9.17) is 5.26 Å². The Morgan fingerprint density at radius 2 is 2.00 bits per heavy atom. The highest BCUT2D eigenvalue weighted by Crippen LogP contribution is 2.14. The summed E-state index contributed by atoms with van der Waals surface area (Å²) in [6, 6.07) is 9.14. The molecule has 0 aromatic heterocycles. The fourth-order valence-corrected chi connectivity index (χ4v) is 1.26. The van der Waals surface area contributed by atoms with Gasteiger partial charge in [0.05, 0.1) is 15.2 Å². The van der Waals surface area contributed by atoms with E-state index in [1.165, 1.54) is 6.92 Å². The Bertz CT molecular complexity index is 412. The molecule has 1 aromatic rings. The van der Waals surface area contributed by atoms with Gasteiger partial charge in [-0.3, -0.25) is 4.79 Å². The molecule has 0 aliphatic heterocycles. The van der Waals surface area contributed by atoms with Crippen LogP contribution in [-0.4, -0.2) is 5.78 Å². The predicted molar refractivity (Wildman–Crippen MR) is 63.8 cm³/mol. The average Bonchev–Trinajstić information content (AvgIpc) is 2.19. The summed E-state index contributed by atoms with van der Waals surface area (Å²) in [4.78, 5) is 10.9. The van der Waals surface area contributed by atoms with E-state index < -0.39 is 0 Å². The van der Waals surface area contributed by atoms with Gasteiger partial charge in [0.25, 0.3) is 0 Å². The number of carbonyl (C=O) groups excluding carboxylic acids is 1. The number of ketones is 1. The van der Waals surface area contributed by atoms with E-state index in [0.29, 0.717) is 9.14 Å². The van der Waals surface area contributed by atoms with Gasteiger partial charge in [-0.05, 0) is 53.3 Å². The van der Waals surface area contributed by atoms with Gasteiger partial charge in [0, 0.05) is 0 Å². The second-order valence-corrected chi connectivity index (χ2v) is 3.94. The number of rotatable bonds is 2. The fraction of sp³-hybridized carbons (Fsp3) is 0.0909. The highest BCUT2D eigenvalue weighted by molar-refractivity contribution is 14.1. The lowest BCUT2D eigenvalue weighted by atomic mass is 10.1. The summed E-state index contributed by atoms with van der Waals surface area (Å²) in [7, 11) is 0. The largest absolute Gasteiger partial charge is 0.294 e. The topological polar surface area (TPSA) is 40.9 Å². The molecule has 0 N–H and O–H groups in total. The quantitative estimate of drug-likeness (QED) is 0.622. The fourth-order valence-electron chi connectivity index (χ4n) is 0.902. The Hall–Kier alpha value is -1.15. The third-order valence-electron chi connectivity index (χ3n) is 1.67. The second-order valence-electron chi connectivity index (χ2n) is 2.78. The highest BCUT2D eigenvalue weighted by Gasteiger charge is 1.98. The maximum atomic E-state index is 10.9. The number of carbonyl (C=O) groups is 1. The number of nitriles is 1. The molecule has 0 fully saturated rings. The number of benzene rings is 1. The molecule has 0 aliphatic carbocycles. The molecule has 0 aliphatic rings. The molecule has 0 saturated heterocycles. The van der Waals surface area contributed by atoms with Crippen molar-refractivity contribution in [1.82, 2.24) is 0 Å². The minimum Gasteiger partial charge on any atom is -0.294 e. The maximum absolute atomic E-state index is 10.9. The van der Waals surface area contributed by atoms with E-state index in [1.54, 1.807) is 18.2 Å². The number of nitrogens with zero attached hydrogens (tertiary/aromatic N) is 1. The third-order valence-corrected chi connectivity index (χ3v) is 2.74. The predicted octanol–water partition coefficient (Wildman–Crippen LogP) is 2.92. The summed E-state index contributed by atoms with van der Waals surface area (Å²) in [5.74, 6) is 0.0509. The van der Waals surface area contributed by atoms with Gasteiger partial charge in [0.15, 0.2) is 5.78 Å². The molecule has 2 nitrogen and oxygen atoms in total. The van der Waals surface area contributed by atoms with Crippen LogP contribution in [0.1, 0.15) is 18.1 Å². The van der Waals surface area contributed by atoms with E-state index in [0.717, 1.165) is 5.56 Å². The second kappa shape index (κ2) is 4.91. The molecule has 0 unspecified atom stereocenters. The summed E-state index contributed by atoms with van der Waals surface area (Å²) < 4.78 is 0.687. The molecule has 0 atom stereocenters. The van der Waals surface area contributed by atoms with Crippen molar-refractivity contribution in [3.63, 3.8) is 0 Å². The lowest BCUT2D eigenvalue weighted by Crippen LogP contribution is -1.87. The van der Waals surface area contributed by atoms with Crippen molar-refractivity contribution in [2.45, 2.75) is 6.92 Å². The molecule has 1 aromatic carbocycles. The Morgan fingerprint density at radius 1 is 1.43 bits per heavy atom. The molecule has 0 spiro atoms. The van der Waals surface area contributed by atoms with Gasteiger partial charge < -0.3 is 0 Å². The van der Waals surface area contributed by atoms with Crippen molar-refractivity contribution in [3.05, 3.63) is 39.0 Å². The van der Waals surface area contributed by atoms with Crippen molar-refractivity contribution in [3.8, 4) is 6.07 Å². The van der Waals surface area contributed by atoms with Gasteiger partial charge in [-0.1, -0.05) is 12.1 Å². The van der Waals surface area contributed by atoms with E-state index in [2.05, 4.69) is 0 Å². The van der Waals surface area contributed by atoms with E-state index in [9.17, 15) is 4.79 Å². The Labute approximate surface area is 96.4 Å². The van der Waals surface area contributed by atoms with E-state index in [1.807, 2.05) is 40.8 Å². The molecule has 0 radical (unpaired) electrons. The number of hydrogen-bond acceptors (Lipinski definition) is 2. The number of hydrogen-bond donors (Lipinski definition) is 0. The molecule has 3 heteroatoms. The first-order valence-electron chi connectivity index (χ1n) is 4.02. The van der Waals surface area contributed by atoms with Crippen LogP contribution in [-0.2, 0) is 4.79 Å². The SMILES string of the molecule is CC(=O)/C(I)=C\c1ccc(C#N)cc1. The van der Waals surface area contributed by atoms with Crippen LogP contribution in [0.3, 0.4) is 0 Å². The summed E-state index contributed by atoms with van der Waals surface area (Å²) in [6.45, 7) is 1.53. The zero-order valence-electron chi connectivity index (χ0n) is 7.62. The first-order valence-corrected chi connectivity index (χ1v) is 5.09. The third kappa shape index (κ3) is 2.96. The average molecular weight is 297 g/mol. The number of allylic oxidation sites excluding steroid dienone is 1. The van der Waals surface area contributed by atoms with Crippen molar-refractivity contribution in [2.24, 2.45) is 0 Å². The first-order chi connectivity index (χ1) is 6.63. The molecule has 0 bridgehead atoms. The Balaban J connectivity index is 2.95. The summed E-state index contributed by atoms with van der Waals surface area (Å²) in [5.41, 5.74) is 1.56. The van der Waals surface area contributed by atoms with Gasteiger partial charge in [-0.25, -0.2) is 0 Å². The van der Waals surface area contributed by atoms with Crippen molar-refractivity contribution in [2.75, 3.05) is 0 Å². The lowest BCUT2D eigenvalue weighted by molar-refractivity contribution is -0.112. The molecule has 14 heavy (non-hydrogen) atoms. The molecule has 70 valence electrons. The number of Topliss-reactive ketones (excluding diaryl/α,β-unsaturated/α-hetero) is 1. The van der Waals surface area contributed by atoms with Gasteiger partial charge in [-0.2, -0.15) is 5.26 Å². The van der Waals surface area contributed by atoms with Gasteiger partial charge >= 0.3 is 0 Å². The zero-order chi connectivity index (χ0) is 10.6. The van der Waals surface area contributed by atoms with Gasteiger partial charge in [-0.15, -0.1) is 0 Å². The van der Waals surface area contributed by atoms with Gasteiger partial charge in [0.1, 0.15) is 0 Å². The minimum atomic E-state index is 0.0509. The molecular weight excluding hydrogens is 289 g/mol. The zero-order valence-corrected chi connectivity index (χ0v) is 9.78. The Morgan fingerprint density at radius 3 is 2.43 bits per heavy atom. The van der Waals surface area contributed by atoms with Gasteiger partial charge in [0.2, 0.25) is 0 Å². The van der Waals surface area contributed by atoms with Crippen LogP contribution in [0, 0.1) is 11.3 Å². The van der Waals surface area contributed by atoms with Crippen LogP contribution < -0.4 is 0 Å². The first kappa shape index (κ1) is 10.9. The summed E-state index contributed by atoms with van der Waals surface area (Å²) in [5, 5.41) is 8.58. The molecule has 1 rings (SSSR count). The monoisotopic (exact) mass is 297 g/mol. The normalized spacial score (nSPS) is 10.8. The van der Waals surface area contributed by atoms with Crippen LogP contribution in [0.15, 0.2) is 27.8 Å². The van der Waals surface area contributed by atoms with Crippen LogP contribution in [0.4, 0.5) is 0 Å². The van der Waals surface area contributed by atoms with Crippen molar-refractivity contribution < 1.29 is 4.79 Å². The van der Waals surface area contributed by atoms with Crippen LogP contribution in [0.25, 0.3) is 6.08 Å². The Kier molecular flexibility index (Phi) is 3.84. The van der Waals surface area contributed by atoms with Crippen LogP contribution in [0.5, 0.6) is 0 Å². The van der Waals surface area contributed by atoms with Crippen LogP contribution in [0.2, 0.25) is 0 Å². The van der Waals surface area contributed by atoms with Crippen molar-refractivity contribution in [1.29, 1.82) is 5.26 Å². The maximum Gasteiger partial charge on any atom is 0.165 e. The van der Waals surface area contributed by atoms with Crippen LogP contribution >= 0.6 is 22.6 Å². The minimum absolute atomic E-state index is 0.0509. The molecule has 0 amide bonds. The highest BCUT2D eigenvalue weighted by atomic mass is 127. The van der Waals surface area contributed by atoms with Crippen molar-refractivity contribution >= 4 is 34.5 Å². The molecular formula is C11H8INO. The molecule has 0 saturated carbocycles. The smallest absolute Gasteiger partial charge is 0.165 e. The summed E-state index contributed by atoms with van der Waals surface area (Å²) >= 11 is 2.00. The van der Waals surface area contributed by atoms with E-state index in [-0.39, 0.29) is 5.78 Å². The molecule has 0 heterocycles.